The van der Waals surface area contributed by atoms with Crippen molar-refractivity contribution in [3.05, 3.63) is 35.4 Å². The average molecular weight is 373 g/mol. The van der Waals surface area contributed by atoms with Gasteiger partial charge in [0.1, 0.15) is 0 Å². The number of hydrogen-bond acceptors (Lipinski definition) is 2. The third-order valence-electron chi connectivity index (χ3n) is 6.12. The fraction of sp³-hybridized carbons (Fsp3) is 0.632. The molecule has 1 aromatic carbocycles. The summed E-state index contributed by atoms with van der Waals surface area (Å²) >= 11 is 0. The van der Waals surface area contributed by atoms with E-state index in [4.69, 9.17) is 5.73 Å². The number of amides is 1. The Morgan fingerprint density at radius 3 is 2.36 bits per heavy atom. The number of carbonyl (C=O) groups excluding carboxylic acids is 1. The van der Waals surface area contributed by atoms with E-state index in [0.717, 1.165) is 31.7 Å². The minimum absolute atomic E-state index is 0. The lowest BCUT2D eigenvalue weighted by Crippen LogP contribution is -2.49. The quantitative estimate of drug-likeness (QED) is 0.869. The molecule has 2 aliphatic carbocycles. The van der Waals surface area contributed by atoms with Crippen LogP contribution in [-0.4, -0.2) is 23.9 Å². The Labute approximate surface area is 154 Å². The van der Waals surface area contributed by atoms with Crippen LogP contribution in [0.15, 0.2) is 18.2 Å². The zero-order valence-electron chi connectivity index (χ0n) is 14.8. The normalized spacial score (nSPS) is 29.5. The van der Waals surface area contributed by atoms with E-state index in [0.29, 0.717) is 17.4 Å². The van der Waals surface area contributed by atoms with E-state index in [2.05, 4.69) is 0 Å². The first-order valence-electron chi connectivity index (χ1n) is 8.85. The second kappa shape index (κ2) is 8.00. The molecule has 1 aromatic rings. The van der Waals surface area contributed by atoms with Crippen LogP contribution >= 0.6 is 12.4 Å². The van der Waals surface area contributed by atoms with Crippen LogP contribution in [-0.2, 0) is 4.79 Å². The Bertz CT molecular complexity index is 613. The largest absolute Gasteiger partial charge is 0.339 e. The molecule has 2 fully saturated rings. The van der Waals surface area contributed by atoms with Crippen LogP contribution in [0.4, 0.5) is 8.78 Å². The monoisotopic (exact) mass is 372 g/mol. The van der Waals surface area contributed by atoms with Gasteiger partial charge in [-0.15, -0.1) is 12.4 Å². The number of nitrogens with zero attached hydrogens (tertiary/aromatic N) is 1. The van der Waals surface area contributed by atoms with Crippen LogP contribution < -0.4 is 5.73 Å². The van der Waals surface area contributed by atoms with Crippen molar-refractivity contribution in [3.63, 3.8) is 0 Å². The predicted molar refractivity (Wildman–Crippen MR) is 96.3 cm³/mol. The Morgan fingerprint density at radius 2 is 1.80 bits per heavy atom. The Hall–Kier alpha value is -1.20. The zero-order valence-corrected chi connectivity index (χ0v) is 15.6. The van der Waals surface area contributed by atoms with Crippen LogP contribution in [0.5, 0.6) is 0 Å². The number of fused-ring (bicyclic) bond motifs is 2. The van der Waals surface area contributed by atoms with Gasteiger partial charge in [0.25, 0.3) is 0 Å². The number of rotatable bonds is 3. The van der Waals surface area contributed by atoms with Crippen molar-refractivity contribution in [1.82, 2.24) is 4.90 Å². The summed E-state index contributed by atoms with van der Waals surface area (Å²) in [5.74, 6) is -0.766. The van der Waals surface area contributed by atoms with Crippen molar-refractivity contribution in [2.45, 2.75) is 51.1 Å². The van der Waals surface area contributed by atoms with E-state index in [1.54, 1.807) is 18.0 Å². The summed E-state index contributed by atoms with van der Waals surface area (Å²) in [6.45, 7) is 1.85. The smallest absolute Gasteiger partial charge is 0.225 e. The lowest BCUT2D eigenvalue weighted by molar-refractivity contribution is -0.139. The summed E-state index contributed by atoms with van der Waals surface area (Å²) in [5, 5.41) is 0. The lowest BCUT2D eigenvalue weighted by Gasteiger charge is -2.44. The van der Waals surface area contributed by atoms with Gasteiger partial charge in [0.05, 0.1) is 6.04 Å². The van der Waals surface area contributed by atoms with Crippen LogP contribution in [0.3, 0.4) is 0 Å². The molecule has 2 saturated carbocycles. The molecule has 0 heterocycles. The molecule has 25 heavy (non-hydrogen) atoms. The first kappa shape index (κ1) is 20.1. The topological polar surface area (TPSA) is 46.3 Å². The van der Waals surface area contributed by atoms with Gasteiger partial charge in [0, 0.05) is 19.0 Å². The van der Waals surface area contributed by atoms with Crippen molar-refractivity contribution in [2.24, 2.45) is 23.5 Å². The Morgan fingerprint density at radius 1 is 1.20 bits per heavy atom. The maximum Gasteiger partial charge on any atom is 0.225 e. The van der Waals surface area contributed by atoms with Gasteiger partial charge in [-0.05, 0) is 62.1 Å². The maximum atomic E-state index is 13.5. The van der Waals surface area contributed by atoms with E-state index < -0.39 is 11.6 Å². The van der Waals surface area contributed by atoms with Gasteiger partial charge in [-0.25, -0.2) is 8.78 Å². The molecule has 2 bridgehead atoms. The SMILES string of the molecule is CC(c1ccc(F)c(F)c1)N(C)C(=O)C1CC2CCCC(C1)C2N.Cl. The van der Waals surface area contributed by atoms with Gasteiger partial charge in [0.15, 0.2) is 11.6 Å². The average Bonchev–Trinajstić information content (AvgIpc) is 2.55. The molecule has 6 heteroatoms. The van der Waals surface area contributed by atoms with Gasteiger partial charge in [-0.3, -0.25) is 4.79 Å². The van der Waals surface area contributed by atoms with Crippen molar-refractivity contribution in [2.75, 3.05) is 7.05 Å². The summed E-state index contributed by atoms with van der Waals surface area (Å²) in [6.07, 6.45) is 5.15. The first-order chi connectivity index (χ1) is 11.4. The molecule has 3 nitrogen and oxygen atoms in total. The van der Waals surface area contributed by atoms with Gasteiger partial charge in [-0.1, -0.05) is 12.5 Å². The highest BCUT2D eigenvalue weighted by atomic mass is 35.5. The van der Waals surface area contributed by atoms with E-state index in [1.807, 2.05) is 6.92 Å². The number of nitrogens with two attached hydrogens (primary N) is 1. The van der Waals surface area contributed by atoms with E-state index in [9.17, 15) is 13.6 Å². The molecule has 0 spiro atoms. The highest BCUT2D eigenvalue weighted by Crippen LogP contribution is 2.42. The van der Waals surface area contributed by atoms with Gasteiger partial charge in [0.2, 0.25) is 5.91 Å². The molecule has 0 aliphatic heterocycles. The maximum absolute atomic E-state index is 13.5. The van der Waals surface area contributed by atoms with Gasteiger partial charge in [-0.2, -0.15) is 0 Å². The molecule has 2 aliphatic rings. The number of benzene rings is 1. The fourth-order valence-electron chi connectivity index (χ4n) is 4.47. The molecule has 1 amide bonds. The summed E-state index contributed by atoms with van der Waals surface area (Å²) in [7, 11) is 1.75. The van der Waals surface area contributed by atoms with Crippen LogP contribution in [0.1, 0.15) is 50.6 Å². The molecule has 140 valence electrons. The number of hydrogen-bond donors (Lipinski definition) is 1. The minimum Gasteiger partial charge on any atom is -0.339 e. The van der Waals surface area contributed by atoms with Crippen LogP contribution in [0, 0.1) is 29.4 Å². The summed E-state index contributed by atoms with van der Waals surface area (Å²) in [4.78, 5) is 14.6. The standard InChI is InChI=1S/C19H26F2N2O.ClH/c1-11(12-6-7-16(20)17(21)10-12)23(2)19(24)15-8-13-4-3-5-14(9-15)18(13)22;/h6-7,10-11,13-15,18H,3-5,8-9,22H2,1-2H3;1H. The van der Waals surface area contributed by atoms with E-state index in [-0.39, 0.29) is 36.3 Å². The van der Waals surface area contributed by atoms with E-state index in [1.165, 1.54) is 12.5 Å². The number of carbonyl (C=O) groups is 1. The first-order valence-corrected chi connectivity index (χ1v) is 8.85. The highest BCUT2D eigenvalue weighted by molar-refractivity contribution is 5.85. The summed E-state index contributed by atoms with van der Waals surface area (Å²) in [6, 6.07) is 3.77. The van der Waals surface area contributed by atoms with Crippen molar-refractivity contribution < 1.29 is 13.6 Å². The van der Waals surface area contributed by atoms with Crippen molar-refractivity contribution in [3.8, 4) is 0 Å². The third-order valence-corrected chi connectivity index (χ3v) is 6.12. The molecular formula is C19H27ClF2N2O. The number of halogens is 3. The van der Waals surface area contributed by atoms with Crippen molar-refractivity contribution >= 4 is 18.3 Å². The third kappa shape index (κ3) is 3.98. The Balaban J connectivity index is 0.00000225. The predicted octanol–water partition coefficient (Wildman–Crippen LogP) is 4.06. The lowest BCUT2D eigenvalue weighted by atomic mass is 9.65. The molecule has 0 radical (unpaired) electrons. The highest BCUT2D eigenvalue weighted by Gasteiger charge is 2.41. The second-order valence-corrected chi connectivity index (χ2v) is 7.50. The molecule has 3 rings (SSSR count). The molecular weight excluding hydrogens is 346 g/mol. The van der Waals surface area contributed by atoms with Crippen LogP contribution in [0.2, 0.25) is 0 Å². The van der Waals surface area contributed by atoms with Gasteiger partial charge < -0.3 is 10.6 Å². The van der Waals surface area contributed by atoms with Crippen LogP contribution in [0.25, 0.3) is 0 Å². The van der Waals surface area contributed by atoms with E-state index >= 15 is 0 Å². The fourth-order valence-corrected chi connectivity index (χ4v) is 4.47. The van der Waals surface area contributed by atoms with Gasteiger partial charge >= 0.3 is 0 Å². The Kier molecular flexibility index (Phi) is 6.44. The molecule has 2 N–H and O–H groups in total. The van der Waals surface area contributed by atoms with Crippen molar-refractivity contribution in [1.29, 1.82) is 0 Å². The molecule has 0 aromatic heterocycles. The summed E-state index contributed by atoms with van der Waals surface area (Å²) in [5.41, 5.74) is 6.91. The molecule has 0 saturated heterocycles. The zero-order chi connectivity index (χ0) is 17.4. The molecule has 3 atom stereocenters. The summed E-state index contributed by atoms with van der Waals surface area (Å²) < 4.78 is 26.6. The molecule has 3 unspecified atom stereocenters. The second-order valence-electron chi connectivity index (χ2n) is 7.50. The minimum atomic E-state index is -0.877.